The minimum absolute atomic E-state index is 0.00356. The first-order chi connectivity index (χ1) is 12.7. The van der Waals surface area contributed by atoms with Crippen molar-refractivity contribution < 1.29 is 23.9 Å². The zero-order chi connectivity index (χ0) is 19.3. The fraction of sp³-hybridized carbons (Fsp3) is 0.550. The number of carbonyl (C=O) groups excluding carboxylic acids is 3. The first-order valence-corrected chi connectivity index (χ1v) is 10.1. The molecular weight excluding hydrogens is 366 g/mol. The molecule has 1 N–H and O–H groups in total. The number of allylic oxidation sites excluding steroid dienone is 1. The maximum Gasteiger partial charge on any atom is 0.291 e. The number of ketones is 2. The number of anilines is 1. The molecule has 2 aliphatic heterocycles. The molecule has 1 aromatic rings. The molecule has 1 saturated carbocycles. The third-order valence-corrected chi connectivity index (χ3v) is 6.44. The molecule has 0 spiro atoms. The number of Topliss-reactive ketones (excluding diaryl/α,β-unsaturated/α-hetero) is 1. The summed E-state index contributed by atoms with van der Waals surface area (Å²) < 4.78 is 11.3. The van der Waals surface area contributed by atoms with Crippen molar-refractivity contribution in [2.24, 2.45) is 5.92 Å². The van der Waals surface area contributed by atoms with E-state index in [2.05, 4.69) is 5.32 Å². The van der Waals surface area contributed by atoms with Gasteiger partial charge in [-0.1, -0.05) is 6.42 Å². The predicted octanol–water partition coefficient (Wildman–Crippen LogP) is 3.91. The quantitative estimate of drug-likeness (QED) is 0.790. The van der Waals surface area contributed by atoms with Crippen LogP contribution in [-0.4, -0.2) is 23.1 Å². The Morgan fingerprint density at radius 2 is 2.04 bits per heavy atom. The summed E-state index contributed by atoms with van der Waals surface area (Å²) in [6, 6.07) is 0. The van der Waals surface area contributed by atoms with Crippen LogP contribution in [0.3, 0.4) is 0 Å². The molecule has 1 amide bonds. The van der Waals surface area contributed by atoms with Crippen molar-refractivity contribution in [1.82, 2.24) is 0 Å². The number of hydrogen-bond acceptors (Lipinski definition) is 6. The van der Waals surface area contributed by atoms with Gasteiger partial charge in [-0.3, -0.25) is 14.4 Å². The zero-order valence-corrected chi connectivity index (χ0v) is 16.5. The molecule has 144 valence electrons. The Hall–Kier alpha value is -1.99. The number of carbonyl (C=O) groups is 3. The highest BCUT2D eigenvalue weighted by Gasteiger charge is 2.38. The maximum absolute atomic E-state index is 13.0. The monoisotopic (exact) mass is 389 g/mol. The van der Waals surface area contributed by atoms with E-state index in [1.165, 1.54) is 17.4 Å². The molecule has 1 aliphatic carbocycles. The van der Waals surface area contributed by atoms with Crippen molar-refractivity contribution in [3.8, 4) is 0 Å². The second kappa shape index (κ2) is 6.56. The van der Waals surface area contributed by atoms with Gasteiger partial charge in [-0.05, 0) is 33.6 Å². The largest absolute Gasteiger partial charge is 0.481 e. The van der Waals surface area contributed by atoms with Crippen LogP contribution in [-0.2, 0) is 25.7 Å². The van der Waals surface area contributed by atoms with Crippen LogP contribution < -0.4 is 5.32 Å². The van der Waals surface area contributed by atoms with Crippen molar-refractivity contribution in [3.63, 3.8) is 0 Å². The minimum Gasteiger partial charge on any atom is -0.481 e. The molecule has 0 saturated heterocycles. The first kappa shape index (κ1) is 18.4. The molecule has 0 aromatic carbocycles. The molecule has 1 atom stereocenters. The summed E-state index contributed by atoms with van der Waals surface area (Å²) in [5.74, 6) is -0.527. The number of thiophene rings is 1. The standard InChI is InChI=1S/C20H23NO5S/c1-10-15-14(9-25-10)27-19(16(15)17(23)11-5-4-6-11)21-18(24)13-7-12(22)8-20(2,3)26-13/h7,10-11H,4-6,8-9H2,1-3H3,(H,21,24). The Balaban J connectivity index is 1.64. The van der Waals surface area contributed by atoms with Gasteiger partial charge in [0.2, 0.25) is 0 Å². The number of amides is 1. The summed E-state index contributed by atoms with van der Waals surface area (Å²) in [5, 5.41) is 3.37. The highest BCUT2D eigenvalue weighted by atomic mass is 32.1. The number of hydrogen-bond donors (Lipinski definition) is 1. The molecule has 1 aromatic heterocycles. The molecule has 0 bridgehead atoms. The van der Waals surface area contributed by atoms with Crippen LogP contribution in [0.5, 0.6) is 0 Å². The van der Waals surface area contributed by atoms with Crippen LogP contribution in [0.25, 0.3) is 0 Å². The van der Waals surface area contributed by atoms with Gasteiger partial charge in [0.1, 0.15) is 10.6 Å². The average molecular weight is 389 g/mol. The molecular formula is C20H23NO5S. The van der Waals surface area contributed by atoms with E-state index in [4.69, 9.17) is 9.47 Å². The normalized spacial score (nSPS) is 23.9. The second-order valence-electron chi connectivity index (χ2n) is 8.06. The zero-order valence-electron chi connectivity index (χ0n) is 15.7. The van der Waals surface area contributed by atoms with Gasteiger partial charge in [-0.25, -0.2) is 0 Å². The molecule has 27 heavy (non-hydrogen) atoms. The van der Waals surface area contributed by atoms with E-state index in [-0.39, 0.29) is 35.8 Å². The third-order valence-electron chi connectivity index (χ3n) is 5.34. The van der Waals surface area contributed by atoms with E-state index in [0.717, 1.165) is 29.7 Å². The minimum atomic E-state index is -0.720. The summed E-state index contributed by atoms with van der Waals surface area (Å²) in [6.07, 6.45) is 4.16. The van der Waals surface area contributed by atoms with Crippen LogP contribution >= 0.6 is 11.3 Å². The van der Waals surface area contributed by atoms with Crippen LogP contribution in [0.15, 0.2) is 11.8 Å². The topological polar surface area (TPSA) is 81.7 Å². The predicted molar refractivity (Wildman–Crippen MR) is 101 cm³/mol. The number of nitrogens with one attached hydrogen (secondary N) is 1. The Morgan fingerprint density at radius 3 is 2.67 bits per heavy atom. The van der Waals surface area contributed by atoms with Gasteiger partial charge in [0, 0.05) is 28.9 Å². The molecule has 1 unspecified atom stereocenters. The smallest absolute Gasteiger partial charge is 0.291 e. The lowest BCUT2D eigenvalue weighted by molar-refractivity contribution is -0.128. The highest BCUT2D eigenvalue weighted by molar-refractivity contribution is 7.17. The lowest BCUT2D eigenvalue weighted by Crippen LogP contribution is -2.35. The summed E-state index contributed by atoms with van der Waals surface area (Å²) in [7, 11) is 0. The van der Waals surface area contributed by atoms with Gasteiger partial charge in [0.15, 0.2) is 17.3 Å². The first-order valence-electron chi connectivity index (χ1n) is 9.31. The maximum atomic E-state index is 13.0. The Morgan fingerprint density at radius 1 is 1.30 bits per heavy atom. The average Bonchev–Trinajstić information content (AvgIpc) is 3.03. The van der Waals surface area contributed by atoms with E-state index in [0.29, 0.717) is 17.2 Å². The van der Waals surface area contributed by atoms with Gasteiger partial charge in [-0.2, -0.15) is 0 Å². The SMILES string of the molecule is CC1OCc2sc(NC(=O)C3=CC(=O)CC(C)(C)O3)c(C(=O)C3CCC3)c21. The second-order valence-corrected chi connectivity index (χ2v) is 9.16. The molecule has 1 fully saturated rings. The fourth-order valence-electron chi connectivity index (χ4n) is 3.78. The van der Waals surface area contributed by atoms with Crippen LogP contribution in [0.4, 0.5) is 5.00 Å². The Kier molecular flexibility index (Phi) is 4.47. The molecule has 7 heteroatoms. The van der Waals surface area contributed by atoms with Gasteiger partial charge >= 0.3 is 0 Å². The number of ether oxygens (including phenoxy) is 2. The van der Waals surface area contributed by atoms with Crippen molar-refractivity contribution >= 4 is 33.8 Å². The third kappa shape index (κ3) is 3.34. The van der Waals surface area contributed by atoms with Gasteiger partial charge in [0.25, 0.3) is 5.91 Å². The number of rotatable bonds is 4. The molecule has 3 heterocycles. The Labute approximate surface area is 161 Å². The van der Waals surface area contributed by atoms with E-state index >= 15 is 0 Å². The van der Waals surface area contributed by atoms with Crippen molar-refractivity contribution in [3.05, 3.63) is 27.8 Å². The van der Waals surface area contributed by atoms with Gasteiger partial charge < -0.3 is 14.8 Å². The fourth-order valence-corrected chi connectivity index (χ4v) is 4.98. The van der Waals surface area contributed by atoms with Crippen LogP contribution in [0, 0.1) is 5.92 Å². The molecule has 4 rings (SSSR count). The molecule has 6 nitrogen and oxygen atoms in total. The van der Waals surface area contributed by atoms with Crippen molar-refractivity contribution in [2.75, 3.05) is 5.32 Å². The lowest BCUT2D eigenvalue weighted by atomic mass is 9.79. The van der Waals surface area contributed by atoms with Crippen LogP contribution in [0.2, 0.25) is 0 Å². The summed E-state index contributed by atoms with van der Waals surface area (Å²) >= 11 is 1.38. The van der Waals surface area contributed by atoms with E-state index in [1.54, 1.807) is 13.8 Å². The van der Waals surface area contributed by atoms with Gasteiger partial charge in [0.05, 0.1) is 18.3 Å². The van der Waals surface area contributed by atoms with Gasteiger partial charge in [-0.15, -0.1) is 11.3 Å². The van der Waals surface area contributed by atoms with E-state index in [9.17, 15) is 14.4 Å². The number of fused-ring (bicyclic) bond motifs is 1. The Bertz CT molecular complexity index is 862. The van der Waals surface area contributed by atoms with E-state index in [1.807, 2.05) is 6.92 Å². The van der Waals surface area contributed by atoms with Crippen molar-refractivity contribution in [1.29, 1.82) is 0 Å². The summed E-state index contributed by atoms with van der Waals surface area (Å²) in [5.41, 5.74) is 0.769. The lowest BCUT2D eigenvalue weighted by Gasteiger charge is -2.29. The summed E-state index contributed by atoms with van der Waals surface area (Å²) in [6.45, 7) is 5.92. The van der Waals surface area contributed by atoms with Crippen molar-refractivity contribution in [2.45, 2.75) is 64.8 Å². The van der Waals surface area contributed by atoms with Crippen LogP contribution in [0.1, 0.15) is 73.4 Å². The molecule has 0 radical (unpaired) electrons. The summed E-state index contributed by atoms with van der Waals surface area (Å²) in [4.78, 5) is 38.7. The molecule has 3 aliphatic rings. The van der Waals surface area contributed by atoms with E-state index < -0.39 is 11.5 Å². The highest BCUT2D eigenvalue weighted by Crippen LogP contribution is 2.46.